The number of hydrogen-bond donors (Lipinski definition) is 2. The lowest BCUT2D eigenvalue weighted by Crippen LogP contribution is -2.59. The van der Waals surface area contributed by atoms with E-state index in [1.54, 1.807) is 0 Å². The average Bonchev–Trinajstić information content (AvgIpc) is 3.48. The molecule has 1 saturated carbocycles. The third-order valence-corrected chi connectivity index (χ3v) is 5.65. The van der Waals surface area contributed by atoms with Gasteiger partial charge < -0.3 is 15.4 Å². The van der Waals surface area contributed by atoms with Gasteiger partial charge >= 0.3 is 12.3 Å². The predicted molar refractivity (Wildman–Crippen MR) is 112 cm³/mol. The molecular formula is C22H27F3N4O3. The Bertz CT molecular complexity index is 950. The second kappa shape index (κ2) is 9.22. The van der Waals surface area contributed by atoms with E-state index in [4.69, 9.17) is 0 Å². The molecule has 174 valence electrons. The Morgan fingerprint density at radius 1 is 1.19 bits per heavy atom. The summed E-state index contributed by atoms with van der Waals surface area (Å²) in [6.07, 6.45) is -1.12. The summed E-state index contributed by atoms with van der Waals surface area (Å²) < 4.78 is 46.6. The minimum absolute atomic E-state index is 0.113. The van der Waals surface area contributed by atoms with E-state index in [0.29, 0.717) is 12.5 Å². The summed E-state index contributed by atoms with van der Waals surface area (Å²) in [7, 11) is 1.02. The van der Waals surface area contributed by atoms with Crippen molar-refractivity contribution < 1.29 is 27.5 Å². The fraction of sp³-hybridized carbons (Fsp3) is 0.500. The highest BCUT2D eigenvalue weighted by Crippen LogP contribution is 2.40. The molecule has 3 rings (SSSR count). The number of ether oxygens (including phenoxy) is 1. The third-order valence-electron chi connectivity index (χ3n) is 5.65. The van der Waals surface area contributed by atoms with E-state index in [9.17, 15) is 22.8 Å². The molecule has 10 heteroatoms. The van der Waals surface area contributed by atoms with E-state index in [2.05, 4.69) is 15.2 Å². The van der Waals surface area contributed by atoms with Gasteiger partial charge in [-0.25, -0.2) is 4.79 Å². The molecule has 1 aliphatic carbocycles. The van der Waals surface area contributed by atoms with E-state index in [0.717, 1.165) is 50.6 Å². The highest BCUT2D eigenvalue weighted by molar-refractivity contribution is 5.86. The first-order valence-corrected chi connectivity index (χ1v) is 10.4. The van der Waals surface area contributed by atoms with E-state index >= 15 is 0 Å². The molecule has 0 radical (unpaired) electrons. The van der Waals surface area contributed by atoms with Crippen LogP contribution < -0.4 is 10.6 Å². The van der Waals surface area contributed by atoms with Crippen molar-refractivity contribution in [3.05, 3.63) is 42.1 Å². The Balaban J connectivity index is 1.58. The van der Waals surface area contributed by atoms with Crippen LogP contribution in [0.1, 0.15) is 38.3 Å². The predicted octanol–water partition coefficient (Wildman–Crippen LogP) is 3.86. The Morgan fingerprint density at radius 3 is 2.41 bits per heavy atom. The number of hydrogen-bond acceptors (Lipinski definition) is 4. The number of carbonyl (C=O) groups is 2. The van der Waals surface area contributed by atoms with Gasteiger partial charge in [0.1, 0.15) is 6.04 Å². The molecule has 2 aromatic rings. The first-order valence-electron chi connectivity index (χ1n) is 10.4. The van der Waals surface area contributed by atoms with Gasteiger partial charge in [0.2, 0.25) is 5.91 Å². The van der Waals surface area contributed by atoms with Crippen molar-refractivity contribution in [3.63, 3.8) is 0 Å². The molecule has 0 bridgehead atoms. The monoisotopic (exact) mass is 452 g/mol. The molecule has 1 atom stereocenters. The van der Waals surface area contributed by atoms with Gasteiger partial charge in [0.15, 0.2) is 0 Å². The summed E-state index contributed by atoms with van der Waals surface area (Å²) in [6.45, 7) is 1.83. The van der Waals surface area contributed by atoms with Crippen LogP contribution in [0.15, 0.2) is 36.5 Å². The molecule has 1 heterocycles. The summed E-state index contributed by atoms with van der Waals surface area (Å²) in [4.78, 5) is 24.0. The molecule has 2 amide bonds. The molecule has 0 unspecified atom stereocenters. The van der Waals surface area contributed by atoms with Crippen molar-refractivity contribution in [2.24, 2.45) is 5.41 Å². The number of nitrogens with zero attached hydrogens (tertiary/aromatic N) is 2. The SMILES string of the molecule is COC(=O)N[C@H](C(=O)NCCc1ccc(-c2ccn(C3CC3)n2)cc1)C(C)(C)C(F)(F)F. The summed E-state index contributed by atoms with van der Waals surface area (Å²) >= 11 is 0. The zero-order valence-electron chi connectivity index (χ0n) is 18.2. The normalized spacial score (nSPS) is 15.2. The van der Waals surface area contributed by atoms with Crippen molar-refractivity contribution in [1.82, 2.24) is 20.4 Å². The van der Waals surface area contributed by atoms with Gasteiger partial charge in [-0.1, -0.05) is 24.3 Å². The van der Waals surface area contributed by atoms with Crippen LogP contribution in [0, 0.1) is 5.41 Å². The summed E-state index contributed by atoms with van der Waals surface area (Å²) in [5, 5.41) is 9.06. The molecule has 2 N–H and O–H groups in total. The molecule has 0 aliphatic heterocycles. The zero-order chi connectivity index (χ0) is 23.5. The number of rotatable bonds is 8. The molecule has 1 aromatic carbocycles. The largest absolute Gasteiger partial charge is 0.453 e. The molecule has 1 fully saturated rings. The van der Waals surface area contributed by atoms with Crippen LogP contribution in [-0.2, 0) is 16.0 Å². The van der Waals surface area contributed by atoms with Crippen molar-refractivity contribution in [3.8, 4) is 11.3 Å². The quantitative estimate of drug-likeness (QED) is 0.637. The number of amides is 2. The number of nitrogens with one attached hydrogen (secondary N) is 2. The van der Waals surface area contributed by atoms with E-state index in [1.807, 2.05) is 46.5 Å². The number of alkyl halides is 3. The van der Waals surface area contributed by atoms with Gasteiger partial charge in [0.05, 0.1) is 24.3 Å². The highest BCUT2D eigenvalue weighted by atomic mass is 19.4. The summed E-state index contributed by atoms with van der Waals surface area (Å²) in [5.74, 6) is -0.931. The maximum Gasteiger partial charge on any atom is 0.407 e. The lowest BCUT2D eigenvalue weighted by Gasteiger charge is -2.35. The van der Waals surface area contributed by atoms with Crippen LogP contribution in [-0.4, -0.2) is 47.7 Å². The third kappa shape index (κ3) is 5.41. The standard InChI is InChI=1S/C22H27F3N4O3/c1-21(2,22(23,24)25)18(27-20(31)32-3)19(30)26-12-10-14-4-6-15(7-5-14)17-11-13-29(28-17)16-8-9-16/h4-7,11,13,16,18H,8-10,12H2,1-3H3,(H,26,30)(H,27,31)/t18-/m1/s1. The number of benzene rings is 1. The second-order valence-electron chi connectivity index (χ2n) is 8.44. The molecule has 1 aliphatic rings. The lowest BCUT2D eigenvalue weighted by molar-refractivity contribution is -0.220. The van der Waals surface area contributed by atoms with Crippen molar-refractivity contribution in [2.45, 2.75) is 51.4 Å². The number of aromatic nitrogens is 2. The average molecular weight is 452 g/mol. The molecule has 7 nitrogen and oxygen atoms in total. The van der Waals surface area contributed by atoms with Gasteiger partial charge in [0.25, 0.3) is 0 Å². The first-order chi connectivity index (χ1) is 15.0. The maximum atomic E-state index is 13.4. The zero-order valence-corrected chi connectivity index (χ0v) is 18.2. The van der Waals surface area contributed by atoms with Crippen LogP contribution >= 0.6 is 0 Å². The van der Waals surface area contributed by atoms with Crippen LogP contribution in [0.25, 0.3) is 11.3 Å². The number of methoxy groups -OCH3 is 1. The van der Waals surface area contributed by atoms with Crippen LogP contribution in [0.3, 0.4) is 0 Å². The van der Waals surface area contributed by atoms with E-state index < -0.39 is 29.6 Å². The van der Waals surface area contributed by atoms with Crippen molar-refractivity contribution >= 4 is 12.0 Å². The Morgan fingerprint density at radius 2 is 1.84 bits per heavy atom. The van der Waals surface area contributed by atoms with Gasteiger partial charge in [-0.05, 0) is 44.7 Å². The van der Waals surface area contributed by atoms with Gasteiger partial charge in [-0.2, -0.15) is 18.3 Å². The number of carbonyl (C=O) groups excluding carboxylic acids is 2. The van der Waals surface area contributed by atoms with Crippen molar-refractivity contribution in [2.75, 3.05) is 13.7 Å². The van der Waals surface area contributed by atoms with E-state index in [1.165, 1.54) is 0 Å². The molecule has 1 aromatic heterocycles. The first kappa shape index (κ1) is 23.6. The van der Waals surface area contributed by atoms with Crippen molar-refractivity contribution in [1.29, 1.82) is 0 Å². The Kier molecular flexibility index (Phi) is 6.80. The smallest absolute Gasteiger partial charge is 0.407 e. The minimum Gasteiger partial charge on any atom is -0.453 e. The Hall–Kier alpha value is -3.04. The lowest BCUT2D eigenvalue weighted by atomic mass is 9.83. The molecule has 0 spiro atoms. The molecular weight excluding hydrogens is 425 g/mol. The highest BCUT2D eigenvalue weighted by Gasteiger charge is 2.55. The van der Waals surface area contributed by atoms with E-state index in [-0.39, 0.29) is 6.54 Å². The van der Waals surface area contributed by atoms with Crippen LogP contribution in [0.5, 0.6) is 0 Å². The Labute approximate surface area is 184 Å². The fourth-order valence-corrected chi connectivity index (χ4v) is 3.22. The minimum atomic E-state index is -4.71. The van der Waals surface area contributed by atoms with Crippen LogP contribution in [0.2, 0.25) is 0 Å². The molecule has 32 heavy (non-hydrogen) atoms. The fourth-order valence-electron chi connectivity index (χ4n) is 3.22. The topological polar surface area (TPSA) is 85.2 Å². The number of alkyl carbamates (subject to hydrolysis) is 1. The maximum absolute atomic E-state index is 13.4. The van der Waals surface area contributed by atoms with Gasteiger partial charge in [-0.15, -0.1) is 0 Å². The summed E-state index contributed by atoms with van der Waals surface area (Å²) in [6, 6.07) is 8.26. The van der Waals surface area contributed by atoms with Gasteiger partial charge in [0, 0.05) is 18.3 Å². The number of halogens is 3. The molecule has 0 saturated heterocycles. The van der Waals surface area contributed by atoms with Gasteiger partial charge in [-0.3, -0.25) is 9.48 Å². The summed E-state index contributed by atoms with van der Waals surface area (Å²) in [5.41, 5.74) is 0.258. The second-order valence-corrected chi connectivity index (χ2v) is 8.44. The van der Waals surface area contributed by atoms with Crippen LogP contribution in [0.4, 0.5) is 18.0 Å².